The van der Waals surface area contributed by atoms with Crippen molar-refractivity contribution in [3.05, 3.63) is 42.7 Å². The summed E-state index contributed by atoms with van der Waals surface area (Å²) in [7, 11) is 3.73. The van der Waals surface area contributed by atoms with E-state index in [1.54, 1.807) is 18.0 Å². The molecule has 5 heterocycles. The summed E-state index contributed by atoms with van der Waals surface area (Å²) < 4.78 is 7.19. The molecule has 3 atom stereocenters. The Labute approximate surface area is 169 Å². The van der Waals surface area contributed by atoms with Gasteiger partial charge in [0, 0.05) is 37.6 Å². The topological polar surface area (TPSA) is 81.0 Å². The van der Waals surface area contributed by atoms with Crippen LogP contribution in [0.25, 0.3) is 17.1 Å². The molecule has 0 spiro atoms. The third-order valence-corrected chi connectivity index (χ3v) is 6.05. The summed E-state index contributed by atoms with van der Waals surface area (Å²) in [6.45, 7) is 0. The number of rotatable bonds is 5. The van der Waals surface area contributed by atoms with Crippen LogP contribution in [-0.2, 0) is 0 Å². The molecule has 0 saturated carbocycles. The number of nitrogens with zero attached hydrogens (tertiary/aromatic N) is 6. The molecule has 1 unspecified atom stereocenters. The van der Waals surface area contributed by atoms with Crippen LogP contribution in [0.4, 0.5) is 5.82 Å². The van der Waals surface area contributed by atoms with Gasteiger partial charge in [0.15, 0.2) is 5.82 Å². The lowest BCUT2D eigenvalue weighted by atomic mass is 9.98. The third-order valence-electron chi connectivity index (χ3n) is 6.05. The van der Waals surface area contributed by atoms with Gasteiger partial charge < -0.3 is 15.0 Å². The highest BCUT2D eigenvalue weighted by atomic mass is 16.5. The molecule has 2 aliphatic heterocycles. The summed E-state index contributed by atoms with van der Waals surface area (Å²) in [6, 6.07) is 11.5. The minimum absolute atomic E-state index is 0.499. The molecule has 29 heavy (non-hydrogen) atoms. The van der Waals surface area contributed by atoms with Crippen LogP contribution in [0.3, 0.4) is 0 Å². The minimum atomic E-state index is 0.499. The molecule has 0 aromatic carbocycles. The fourth-order valence-electron chi connectivity index (χ4n) is 4.49. The van der Waals surface area contributed by atoms with E-state index in [0.717, 1.165) is 22.9 Å². The van der Waals surface area contributed by atoms with Gasteiger partial charge in [0.05, 0.1) is 12.8 Å². The summed E-state index contributed by atoms with van der Waals surface area (Å²) in [5, 5.41) is 16.9. The molecule has 0 radical (unpaired) electrons. The largest absolute Gasteiger partial charge is 0.479 e. The molecule has 2 saturated heterocycles. The summed E-state index contributed by atoms with van der Waals surface area (Å²) in [5.41, 5.74) is 2.23. The van der Waals surface area contributed by atoms with Crippen molar-refractivity contribution in [2.75, 3.05) is 19.1 Å². The Morgan fingerprint density at radius 1 is 1.07 bits per heavy atom. The predicted octanol–water partition coefficient (Wildman–Crippen LogP) is 2.45. The first-order valence-corrected chi connectivity index (χ1v) is 10.1. The van der Waals surface area contributed by atoms with Gasteiger partial charge in [-0.25, -0.2) is 9.67 Å². The highest BCUT2D eigenvalue weighted by Crippen LogP contribution is 2.31. The Balaban J connectivity index is 1.36. The van der Waals surface area contributed by atoms with Crippen molar-refractivity contribution in [2.24, 2.45) is 0 Å². The maximum atomic E-state index is 5.46. The lowest BCUT2D eigenvalue weighted by molar-refractivity contribution is 0.353. The highest BCUT2D eigenvalue weighted by molar-refractivity contribution is 5.59. The predicted molar refractivity (Wildman–Crippen MR) is 110 cm³/mol. The second-order valence-corrected chi connectivity index (χ2v) is 7.83. The normalized spacial score (nSPS) is 23.2. The first-order valence-electron chi connectivity index (χ1n) is 10.1. The van der Waals surface area contributed by atoms with Crippen LogP contribution in [0, 0.1) is 0 Å². The summed E-state index contributed by atoms with van der Waals surface area (Å²) in [4.78, 5) is 6.88. The average molecular weight is 391 g/mol. The van der Waals surface area contributed by atoms with E-state index in [-0.39, 0.29) is 0 Å². The smallest absolute Gasteiger partial charge is 0.240 e. The van der Waals surface area contributed by atoms with E-state index >= 15 is 0 Å². The van der Waals surface area contributed by atoms with Crippen LogP contribution in [0.5, 0.6) is 5.88 Å². The molecule has 0 amide bonds. The number of aromatic nitrogens is 5. The first kappa shape index (κ1) is 18.1. The van der Waals surface area contributed by atoms with Crippen LogP contribution in [0.15, 0.2) is 42.7 Å². The fourth-order valence-corrected chi connectivity index (χ4v) is 4.49. The summed E-state index contributed by atoms with van der Waals surface area (Å²) >= 11 is 0. The van der Waals surface area contributed by atoms with E-state index in [1.165, 1.54) is 25.7 Å². The molecule has 3 aromatic heterocycles. The van der Waals surface area contributed by atoms with Crippen molar-refractivity contribution in [1.82, 2.24) is 30.3 Å². The average Bonchev–Trinajstić information content (AvgIpc) is 3.42. The van der Waals surface area contributed by atoms with Crippen LogP contribution in [-0.4, -0.2) is 57.2 Å². The number of hydrogen-bond donors (Lipinski definition) is 1. The summed E-state index contributed by atoms with van der Waals surface area (Å²) in [6.07, 6.45) is 8.51. The minimum Gasteiger partial charge on any atom is -0.479 e. The first-order chi connectivity index (χ1) is 14.2. The second-order valence-electron chi connectivity index (χ2n) is 7.83. The van der Waals surface area contributed by atoms with Gasteiger partial charge in [-0.2, -0.15) is 5.10 Å². The third kappa shape index (κ3) is 3.44. The van der Waals surface area contributed by atoms with E-state index in [9.17, 15) is 0 Å². The Morgan fingerprint density at radius 2 is 1.86 bits per heavy atom. The van der Waals surface area contributed by atoms with Gasteiger partial charge in [0.2, 0.25) is 5.88 Å². The van der Waals surface area contributed by atoms with E-state index in [1.807, 2.05) is 36.5 Å². The monoisotopic (exact) mass is 391 g/mol. The van der Waals surface area contributed by atoms with E-state index in [0.29, 0.717) is 24.0 Å². The molecule has 2 aliphatic rings. The Morgan fingerprint density at radius 3 is 2.52 bits per heavy atom. The molecule has 5 rings (SSSR count). The molecule has 2 bridgehead atoms. The Bertz CT molecular complexity index is 961. The quantitative estimate of drug-likeness (QED) is 0.715. The molecule has 2 fully saturated rings. The lowest BCUT2D eigenvalue weighted by Gasteiger charge is -2.36. The van der Waals surface area contributed by atoms with Crippen molar-refractivity contribution in [3.63, 3.8) is 0 Å². The number of piperidine rings is 1. The van der Waals surface area contributed by atoms with Crippen LogP contribution < -0.4 is 15.0 Å². The molecule has 8 heteroatoms. The Kier molecular flexibility index (Phi) is 4.63. The van der Waals surface area contributed by atoms with Gasteiger partial charge in [-0.1, -0.05) is 0 Å². The standard InChI is InChI=1S/C21H25N7O/c1-27(16-12-14-4-5-15(13-16)23-14)20-9-7-18(25-26-20)17-6-8-19(21(24-17)29-2)28-11-3-10-22-28/h3,6-11,14-16,23H,4-5,12-13H2,1-2H3/t14-,15+,16?. The van der Waals surface area contributed by atoms with Gasteiger partial charge in [0.1, 0.15) is 11.4 Å². The molecule has 1 N–H and O–H groups in total. The SMILES string of the molecule is COc1nc(-c2ccc(N(C)C3C[C@H]4CC[C@@H](C3)N4)nn2)ccc1-n1cccn1. The molecule has 150 valence electrons. The van der Waals surface area contributed by atoms with Crippen LogP contribution in [0.2, 0.25) is 0 Å². The number of fused-ring (bicyclic) bond motifs is 2. The zero-order valence-electron chi connectivity index (χ0n) is 16.7. The van der Waals surface area contributed by atoms with Gasteiger partial charge in [0.25, 0.3) is 0 Å². The highest BCUT2D eigenvalue weighted by Gasteiger charge is 2.35. The van der Waals surface area contributed by atoms with E-state index < -0.39 is 0 Å². The van der Waals surface area contributed by atoms with Crippen molar-refractivity contribution in [1.29, 1.82) is 0 Å². The Hall–Kier alpha value is -3.00. The zero-order valence-corrected chi connectivity index (χ0v) is 16.7. The number of ether oxygens (including phenoxy) is 1. The van der Waals surface area contributed by atoms with Gasteiger partial charge in [-0.05, 0) is 56.0 Å². The van der Waals surface area contributed by atoms with Gasteiger partial charge >= 0.3 is 0 Å². The number of hydrogen-bond acceptors (Lipinski definition) is 7. The van der Waals surface area contributed by atoms with Crippen LogP contribution in [0.1, 0.15) is 25.7 Å². The zero-order chi connectivity index (χ0) is 19.8. The van der Waals surface area contributed by atoms with Crippen molar-refractivity contribution in [2.45, 2.75) is 43.8 Å². The molecular weight excluding hydrogens is 366 g/mol. The molecule has 8 nitrogen and oxygen atoms in total. The van der Waals surface area contributed by atoms with Crippen molar-refractivity contribution in [3.8, 4) is 23.0 Å². The molecule has 0 aliphatic carbocycles. The number of anilines is 1. The van der Waals surface area contributed by atoms with Crippen molar-refractivity contribution >= 4 is 5.82 Å². The molecular formula is C21H25N7O. The second kappa shape index (κ2) is 7.44. The van der Waals surface area contributed by atoms with Gasteiger partial charge in [-0.3, -0.25) is 0 Å². The maximum Gasteiger partial charge on any atom is 0.240 e. The van der Waals surface area contributed by atoms with E-state index in [4.69, 9.17) is 4.74 Å². The van der Waals surface area contributed by atoms with Crippen LogP contribution >= 0.6 is 0 Å². The maximum absolute atomic E-state index is 5.46. The number of pyridine rings is 1. The fraction of sp³-hybridized carbons (Fsp3) is 0.429. The number of nitrogens with one attached hydrogen (secondary N) is 1. The number of methoxy groups -OCH3 is 1. The van der Waals surface area contributed by atoms with Gasteiger partial charge in [-0.15, -0.1) is 10.2 Å². The van der Waals surface area contributed by atoms with E-state index in [2.05, 4.69) is 37.5 Å². The summed E-state index contributed by atoms with van der Waals surface area (Å²) in [5.74, 6) is 1.40. The lowest BCUT2D eigenvalue weighted by Crippen LogP contribution is -2.47. The molecule has 3 aromatic rings. The van der Waals surface area contributed by atoms with Crippen molar-refractivity contribution < 1.29 is 4.74 Å².